The van der Waals surface area contributed by atoms with Crippen LogP contribution in [-0.2, 0) is 18.4 Å². The number of likely N-dealkylation sites (N-methyl/N-ethyl adjacent to an activating group) is 1. The average Bonchev–Trinajstić information content (AvgIpc) is 3.32. The Kier molecular flexibility index (Phi) is 51.2. The molecule has 0 aromatic rings. The summed E-state index contributed by atoms with van der Waals surface area (Å²) in [6.45, 7) is 4.79. The third-order valence-corrected chi connectivity index (χ3v) is 14.6. The summed E-state index contributed by atoms with van der Waals surface area (Å²) in [5, 5.41) is 14.1. The van der Waals surface area contributed by atoms with Crippen LogP contribution in [0.1, 0.15) is 284 Å². The van der Waals surface area contributed by atoms with Crippen LogP contribution in [0.25, 0.3) is 0 Å². The Morgan fingerprint density at radius 2 is 0.857 bits per heavy atom. The van der Waals surface area contributed by atoms with Crippen molar-refractivity contribution in [1.29, 1.82) is 0 Å². The third kappa shape index (κ3) is 54.2. The van der Waals surface area contributed by atoms with Gasteiger partial charge in [0.15, 0.2) is 0 Å². The van der Waals surface area contributed by atoms with Gasteiger partial charge in [-0.2, -0.15) is 0 Å². The molecular weight excluding hydrogens is 888 g/mol. The summed E-state index contributed by atoms with van der Waals surface area (Å²) in [6, 6.07) is -0.771. The van der Waals surface area contributed by atoms with Gasteiger partial charge in [-0.05, 0) is 51.4 Å². The Morgan fingerprint density at radius 3 is 1.26 bits per heavy atom. The number of hydrogen-bond acceptors (Lipinski definition) is 5. The molecule has 0 rings (SSSR count). The minimum absolute atomic E-state index is 0.0704. The molecule has 0 aliphatic heterocycles. The molecule has 70 heavy (non-hydrogen) atoms. The zero-order valence-corrected chi connectivity index (χ0v) is 47.9. The summed E-state index contributed by atoms with van der Waals surface area (Å²) in [5.74, 6) is -0.156. The molecule has 3 unspecified atom stereocenters. The van der Waals surface area contributed by atoms with E-state index in [1.807, 2.05) is 21.1 Å². The number of quaternary nitrogens is 1. The first-order valence-corrected chi connectivity index (χ1v) is 31.5. The third-order valence-electron chi connectivity index (χ3n) is 13.6. The van der Waals surface area contributed by atoms with Crippen LogP contribution in [0.15, 0.2) is 48.6 Å². The van der Waals surface area contributed by atoms with Crippen molar-refractivity contribution in [3.8, 4) is 0 Å². The zero-order chi connectivity index (χ0) is 51.3. The number of carbonyl (C=O) groups is 1. The maximum atomic E-state index is 13.0. The fraction of sp³-hybridized carbons (Fsp3) is 0.852. The second kappa shape index (κ2) is 52.3. The van der Waals surface area contributed by atoms with Crippen molar-refractivity contribution in [2.75, 3.05) is 40.9 Å². The van der Waals surface area contributed by atoms with Crippen LogP contribution in [0.5, 0.6) is 0 Å². The van der Waals surface area contributed by atoms with Gasteiger partial charge < -0.3 is 19.8 Å². The summed E-state index contributed by atoms with van der Waals surface area (Å²) >= 11 is 0. The van der Waals surface area contributed by atoms with Gasteiger partial charge in [-0.25, -0.2) is 4.57 Å². The predicted molar refractivity (Wildman–Crippen MR) is 304 cm³/mol. The molecule has 0 saturated carbocycles. The Balaban J connectivity index is 4.11. The molecule has 8 nitrogen and oxygen atoms in total. The van der Waals surface area contributed by atoms with Crippen LogP contribution < -0.4 is 5.32 Å². The maximum Gasteiger partial charge on any atom is 0.472 e. The highest BCUT2D eigenvalue weighted by Gasteiger charge is 2.28. The van der Waals surface area contributed by atoms with Gasteiger partial charge in [0.25, 0.3) is 0 Å². The van der Waals surface area contributed by atoms with Crippen LogP contribution in [0, 0.1) is 0 Å². The van der Waals surface area contributed by atoms with Gasteiger partial charge >= 0.3 is 7.82 Å². The minimum Gasteiger partial charge on any atom is -0.391 e. The molecular formula is C61H118N2O6P+. The molecule has 0 heterocycles. The van der Waals surface area contributed by atoms with E-state index in [2.05, 4.69) is 67.8 Å². The van der Waals surface area contributed by atoms with Crippen LogP contribution in [0.4, 0.5) is 0 Å². The number of nitrogens with zero attached hydrogens (tertiary/aromatic N) is 1. The number of rotatable bonds is 55. The van der Waals surface area contributed by atoms with Crippen LogP contribution in [0.2, 0.25) is 0 Å². The number of phosphoric ester groups is 1. The van der Waals surface area contributed by atoms with E-state index in [-0.39, 0.29) is 19.1 Å². The average molecular weight is 1010 g/mol. The van der Waals surface area contributed by atoms with E-state index in [0.29, 0.717) is 23.9 Å². The lowest BCUT2D eigenvalue weighted by Crippen LogP contribution is -2.46. The molecule has 9 heteroatoms. The molecule has 0 radical (unpaired) electrons. The van der Waals surface area contributed by atoms with Gasteiger partial charge in [0, 0.05) is 6.42 Å². The fourth-order valence-electron chi connectivity index (χ4n) is 8.92. The Bertz CT molecular complexity index is 1280. The number of hydrogen-bond donors (Lipinski definition) is 3. The van der Waals surface area contributed by atoms with Crippen LogP contribution >= 0.6 is 7.82 Å². The van der Waals surface area contributed by atoms with Crippen molar-refractivity contribution in [3.05, 3.63) is 48.6 Å². The summed E-state index contributed by atoms with van der Waals surface area (Å²) in [6.07, 6.45) is 69.0. The number of unbranched alkanes of at least 4 members (excludes halogenated alkanes) is 34. The first-order valence-electron chi connectivity index (χ1n) is 30.0. The molecule has 0 fully saturated rings. The van der Waals surface area contributed by atoms with E-state index in [9.17, 15) is 19.4 Å². The van der Waals surface area contributed by atoms with Gasteiger partial charge in [-0.15, -0.1) is 0 Å². The first-order chi connectivity index (χ1) is 34.0. The van der Waals surface area contributed by atoms with Crippen molar-refractivity contribution in [3.63, 3.8) is 0 Å². The van der Waals surface area contributed by atoms with E-state index in [4.69, 9.17) is 9.05 Å². The molecule has 0 spiro atoms. The largest absolute Gasteiger partial charge is 0.472 e. The molecule has 0 aromatic heterocycles. The summed E-state index contributed by atoms with van der Waals surface area (Å²) in [5.41, 5.74) is 0. The highest BCUT2D eigenvalue weighted by atomic mass is 31.2. The molecule has 0 aliphatic carbocycles. The SMILES string of the molecule is CC/C=C\C/C=C\C/C=C\C/C=C\CCCCCCCCC(=O)NC(COP(=O)(O)OCC[N+](C)(C)C)C(O)CCCCCCCCCCCCCCCCCCCCCCCCCCCCCCC. The lowest BCUT2D eigenvalue weighted by atomic mass is 10.0. The van der Waals surface area contributed by atoms with Crippen molar-refractivity contribution >= 4 is 13.7 Å². The molecule has 0 aliphatic rings. The summed E-state index contributed by atoms with van der Waals surface area (Å²) < 4.78 is 23.8. The standard InChI is InChI=1S/C61H117N2O6P/c1-6-8-10-12-14-16-18-20-22-24-26-27-28-29-30-31-32-33-34-35-37-38-40-42-44-46-48-50-52-54-60(64)59(58-69-70(66,67)68-57-56-63(3,4)5)62-61(65)55-53-51-49-47-45-43-41-39-36-25-23-21-19-17-15-13-11-9-7-2/h9,11,15,17,21,23,36,39,59-60,64H,6-8,10,12-14,16,18-20,22,24-35,37-38,40-58H2,1-5H3,(H-,62,65,66,67)/p+1/b11-9-,17-15-,23-21-,39-36-. The molecule has 0 saturated heterocycles. The minimum atomic E-state index is -4.33. The smallest absolute Gasteiger partial charge is 0.391 e. The van der Waals surface area contributed by atoms with Gasteiger partial charge in [0.2, 0.25) is 5.91 Å². The topological polar surface area (TPSA) is 105 Å². The van der Waals surface area contributed by atoms with E-state index in [0.717, 1.165) is 77.0 Å². The molecule has 3 N–H and O–H groups in total. The number of amides is 1. The van der Waals surface area contributed by atoms with Crippen LogP contribution in [0.3, 0.4) is 0 Å². The maximum absolute atomic E-state index is 13.0. The fourth-order valence-corrected chi connectivity index (χ4v) is 9.66. The number of aliphatic hydroxyl groups is 1. The number of phosphoric acid groups is 1. The van der Waals surface area contributed by atoms with Gasteiger partial charge in [0.1, 0.15) is 13.2 Å². The van der Waals surface area contributed by atoms with E-state index in [1.54, 1.807) is 0 Å². The van der Waals surface area contributed by atoms with Crippen molar-refractivity contribution in [2.24, 2.45) is 0 Å². The molecule has 412 valence electrons. The Labute approximate surface area is 435 Å². The highest BCUT2D eigenvalue weighted by molar-refractivity contribution is 7.47. The van der Waals surface area contributed by atoms with Crippen molar-refractivity contribution < 1.29 is 32.9 Å². The zero-order valence-electron chi connectivity index (χ0n) is 47.0. The quantitative estimate of drug-likeness (QED) is 0.0243. The monoisotopic (exact) mass is 1010 g/mol. The number of nitrogens with one attached hydrogen (secondary N) is 1. The number of allylic oxidation sites excluding steroid dienone is 8. The second-order valence-electron chi connectivity index (χ2n) is 21.7. The Morgan fingerprint density at radius 1 is 0.500 bits per heavy atom. The molecule has 0 aromatic carbocycles. The van der Waals surface area contributed by atoms with Crippen LogP contribution in [-0.4, -0.2) is 73.4 Å². The van der Waals surface area contributed by atoms with Gasteiger partial charge in [-0.1, -0.05) is 274 Å². The van der Waals surface area contributed by atoms with Crippen molar-refractivity contribution in [1.82, 2.24) is 5.32 Å². The molecule has 0 bridgehead atoms. The normalized spacial score (nSPS) is 14.2. The van der Waals surface area contributed by atoms with Gasteiger partial charge in [-0.3, -0.25) is 13.8 Å². The van der Waals surface area contributed by atoms with Gasteiger partial charge in [0.05, 0.1) is 39.9 Å². The van der Waals surface area contributed by atoms with Crippen molar-refractivity contribution in [2.45, 2.75) is 296 Å². The first kappa shape index (κ1) is 68.5. The van der Waals surface area contributed by atoms with E-state index < -0.39 is 20.0 Å². The van der Waals surface area contributed by atoms with E-state index in [1.165, 1.54) is 180 Å². The second-order valence-corrected chi connectivity index (χ2v) is 23.2. The molecule has 1 amide bonds. The Hall–Kier alpha value is -1.54. The lowest BCUT2D eigenvalue weighted by Gasteiger charge is -2.26. The highest BCUT2D eigenvalue weighted by Crippen LogP contribution is 2.43. The molecule has 3 atom stereocenters. The predicted octanol–water partition coefficient (Wildman–Crippen LogP) is 18.3. The number of aliphatic hydroxyl groups excluding tert-OH is 1. The summed E-state index contributed by atoms with van der Waals surface area (Å²) in [7, 11) is 1.61. The number of carbonyl (C=O) groups excluding carboxylic acids is 1. The summed E-state index contributed by atoms with van der Waals surface area (Å²) in [4.78, 5) is 23.3. The van der Waals surface area contributed by atoms with E-state index >= 15 is 0 Å². The lowest BCUT2D eigenvalue weighted by molar-refractivity contribution is -0.870.